The molecule has 0 aliphatic carbocycles. The number of hydrogen-bond donors (Lipinski definition) is 1. The predicted molar refractivity (Wildman–Crippen MR) is 73.6 cm³/mol. The number of nitrogens with zero attached hydrogens (tertiary/aromatic N) is 2. The number of azo groups is 2. The summed E-state index contributed by atoms with van der Waals surface area (Å²) in [6.07, 6.45) is 12.7. The van der Waals surface area contributed by atoms with E-state index in [2.05, 4.69) is 10.4 Å². The second-order valence-corrected chi connectivity index (χ2v) is 3.36. The van der Waals surface area contributed by atoms with Crippen LogP contribution in [0.3, 0.4) is 0 Å². The summed E-state index contributed by atoms with van der Waals surface area (Å²) in [4.78, 5) is 11.8. The van der Waals surface area contributed by atoms with E-state index in [1.54, 1.807) is 17.3 Å². The Morgan fingerprint density at radius 1 is 1.56 bits per heavy atom. The molecule has 2 heterocycles. The lowest BCUT2D eigenvalue weighted by atomic mass is 10.1. The van der Waals surface area contributed by atoms with Gasteiger partial charge in [-0.25, -0.2) is 0 Å². The van der Waals surface area contributed by atoms with Crippen molar-refractivity contribution >= 4 is 5.91 Å². The van der Waals surface area contributed by atoms with Crippen LogP contribution in [0.25, 0.3) is 0 Å². The molecule has 0 aromatic carbocycles. The van der Waals surface area contributed by atoms with Crippen molar-refractivity contribution in [3.8, 4) is 0 Å². The minimum atomic E-state index is -0.0794. The lowest BCUT2D eigenvalue weighted by Crippen LogP contribution is -2.27. The smallest absolute Gasteiger partial charge is 0.254 e. The number of allylic oxidation sites excluding steroid dienone is 3. The normalized spacial score (nSPS) is 16.3. The highest BCUT2D eigenvalue weighted by atomic mass is 16.1. The van der Waals surface area contributed by atoms with E-state index < -0.39 is 0 Å². The third kappa shape index (κ3) is 3.26. The van der Waals surface area contributed by atoms with Crippen LogP contribution in [-0.2, 0) is 4.79 Å². The Bertz CT molecular complexity index is 459. The zero-order valence-electron chi connectivity index (χ0n) is 11.1. The second kappa shape index (κ2) is 7.37. The molecular formula is C14H21N3O+. The van der Waals surface area contributed by atoms with Crippen molar-refractivity contribution in [2.75, 3.05) is 6.54 Å². The highest BCUT2D eigenvalue weighted by Gasteiger charge is 2.27. The average molecular weight is 247 g/mol. The molecule has 0 unspecified atom stereocenters. The first-order chi connectivity index (χ1) is 8.83. The van der Waals surface area contributed by atoms with Crippen LogP contribution in [0.5, 0.6) is 0 Å². The minimum Gasteiger partial charge on any atom is -0.349 e. The largest absolute Gasteiger partial charge is 0.349 e. The molecule has 0 atom stereocenters. The summed E-state index contributed by atoms with van der Waals surface area (Å²) >= 11 is 0. The maximum absolute atomic E-state index is 11.8. The van der Waals surface area contributed by atoms with Crippen molar-refractivity contribution in [2.45, 2.75) is 20.8 Å². The van der Waals surface area contributed by atoms with Crippen LogP contribution in [0.2, 0.25) is 0 Å². The van der Waals surface area contributed by atoms with Crippen LogP contribution in [-0.4, -0.2) is 17.1 Å². The van der Waals surface area contributed by atoms with Crippen LogP contribution in [0, 0.1) is 6.42 Å². The maximum Gasteiger partial charge on any atom is 0.254 e. The summed E-state index contributed by atoms with van der Waals surface area (Å²) < 4.78 is 1.69. The number of fused-ring (bicyclic) bond motifs is 1. The van der Waals surface area contributed by atoms with E-state index in [0.717, 1.165) is 5.70 Å². The Balaban J connectivity index is 0.00000103. The van der Waals surface area contributed by atoms with Gasteiger partial charge in [0.05, 0.1) is 5.57 Å². The number of hydrogen-bond acceptors (Lipinski definition) is 2. The third-order valence-corrected chi connectivity index (χ3v) is 2.30. The van der Waals surface area contributed by atoms with Crippen LogP contribution in [0.4, 0.5) is 0 Å². The molecule has 0 spiro atoms. The van der Waals surface area contributed by atoms with Gasteiger partial charge in [0.1, 0.15) is 6.20 Å². The molecule has 0 bridgehead atoms. The first-order valence-corrected chi connectivity index (χ1v) is 6.14. The average Bonchev–Trinajstić information content (AvgIpc) is 2.89. The Morgan fingerprint density at radius 2 is 2.33 bits per heavy atom. The van der Waals surface area contributed by atoms with Gasteiger partial charge >= 0.3 is 0 Å². The van der Waals surface area contributed by atoms with Crippen molar-refractivity contribution < 1.29 is 10.9 Å². The number of nitrogens with one attached hydrogen (secondary N) is 1. The second-order valence-electron chi connectivity index (χ2n) is 3.36. The summed E-state index contributed by atoms with van der Waals surface area (Å²) in [5.74, 6) is -0.0794. The van der Waals surface area contributed by atoms with Crippen molar-refractivity contribution in [3.05, 3.63) is 54.4 Å². The fourth-order valence-corrected chi connectivity index (χ4v) is 1.51. The maximum atomic E-state index is 11.8. The summed E-state index contributed by atoms with van der Waals surface area (Å²) in [6.45, 7) is 6.47. The van der Waals surface area contributed by atoms with Crippen LogP contribution in [0.1, 0.15) is 22.2 Å². The monoisotopic (exact) mass is 247 g/mol. The van der Waals surface area contributed by atoms with Gasteiger partial charge in [-0.1, -0.05) is 30.7 Å². The highest BCUT2D eigenvalue weighted by molar-refractivity contribution is 5.97. The van der Waals surface area contributed by atoms with Crippen molar-refractivity contribution in [1.82, 2.24) is 5.32 Å². The fraction of sp³-hybridized carbons (Fsp3) is 0.286. The number of carbonyl (C=O) groups is 1. The van der Waals surface area contributed by atoms with Crippen LogP contribution < -0.4 is 5.32 Å². The molecule has 2 rings (SSSR count). The minimum absolute atomic E-state index is 0. The lowest BCUT2D eigenvalue weighted by Gasteiger charge is -2.07. The summed E-state index contributed by atoms with van der Waals surface area (Å²) in [5, 5.41) is 6.90. The zero-order chi connectivity index (χ0) is 13.4. The van der Waals surface area contributed by atoms with Gasteiger partial charge in [-0.2, -0.15) is 0 Å². The van der Waals surface area contributed by atoms with Gasteiger partial charge in [0.25, 0.3) is 5.91 Å². The molecule has 1 N–H and O–H groups in total. The molecule has 2 aliphatic heterocycles. The van der Waals surface area contributed by atoms with Crippen LogP contribution in [0.15, 0.2) is 53.1 Å². The molecule has 1 radical (unpaired) electrons. The molecule has 0 fully saturated rings. The van der Waals surface area contributed by atoms with E-state index in [1.807, 2.05) is 51.3 Å². The summed E-state index contributed by atoms with van der Waals surface area (Å²) in [7, 11) is 0. The lowest BCUT2D eigenvalue weighted by molar-refractivity contribution is -0.464. The van der Waals surface area contributed by atoms with Crippen molar-refractivity contribution in [2.24, 2.45) is 5.11 Å². The van der Waals surface area contributed by atoms with E-state index in [-0.39, 0.29) is 7.33 Å². The standard InChI is InChI=1S/C12H12N3O.C2H6.H2/c1-2-3-7-13-12(16)10-5-4-9-15-11(10)6-8-14-15;1-2;/h2-6,8-9H,7H2,1H3;1-2H3;1H/p+1/b3-2+;;. The Hall–Kier alpha value is -1.97. The van der Waals surface area contributed by atoms with E-state index >= 15 is 0 Å². The highest BCUT2D eigenvalue weighted by Crippen LogP contribution is 2.21. The molecule has 1 amide bonds. The molecule has 0 saturated heterocycles. The van der Waals surface area contributed by atoms with E-state index in [4.69, 9.17) is 0 Å². The topological polar surface area (TPSA) is 44.5 Å². The molecule has 4 nitrogen and oxygen atoms in total. The van der Waals surface area contributed by atoms with Gasteiger partial charge < -0.3 is 5.32 Å². The van der Waals surface area contributed by atoms with Crippen molar-refractivity contribution in [3.63, 3.8) is 0 Å². The number of rotatable bonds is 3. The predicted octanol–water partition coefficient (Wildman–Crippen LogP) is 2.93. The van der Waals surface area contributed by atoms with Gasteiger partial charge in [0.2, 0.25) is 5.70 Å². The summed E-state index contributed by atoms with van der Waals surface area (Å²) in [5.41, 5.74) is 1.46. The molecule has 0 saturated carbocycles. The van der Waals surface area contributed by atoms with E-state index in [0.29, 0.717) is 12.1 Å². The van der Waals surface area contributed by atoms with E-state index in [1.165, 1.54) is 0 Å². The first kappa shape index (κ1) is 14.1. The molecule has 0 aromatic rings. The Kier molecular flexibility index (Phi) is 5.77. The van der Waals surface area contributed by atoms with Crippen LogP contribution >= 0.6 is 0 Å². The van der Waals surface area contributed by atoms with Gasteiger partial charge in [-0.15, -0.1) is 0 Å². The van der Waals surface area contributed by atoms with Gasteiger partial charge in [-0.3, -0.25) is 4.79 Å². The Morgan fingerprint density at radius 3 is 3.06 bits per heavy atom. The molecule has 4 heteroatoms. The van der Waals surface area contributed by atoms with Gasteiger partial charge in [0, 0.05) is 20.5 Å². The van der Waals surface area contributed by atoms with E-state index in [9.17, 15) is 4.79 Å². The Labute approximate surface area is 110 Å². The molecule has 2 aliphatic rings. The number of amides is 1. The fourth-order valence-electron chi connectivity index (χ4n) is 1.51. The SMILES string of the molecule is C/C=C/CNC(=O)C1=C2C=CN=[N+]2C=C[CH]1.CC.[HH]. The van der Waals surface area contributed by atoms with Crippen molar-refractivity contribution in [1.29, 1.82) is 0 Å². The molecule has 97 valence electrons. The molecule has 0 aromatic heterocycles. The van der Waals surface area contributed by atoms with Gasteiger partial charge in [0.15, 0.2) is 6.20 Å². The zero-order valence-corrected chi connectivity index (χ0v) is 11.1. The first-order valence-electron chi connectivity index (χ1n) is 6.14. The number of carbonyl (C=O) groups excluding carboxylic acids is 1. The quantitative estimate of drug-likeness (QED) is 0.605. The summed E-state index contributed by atoms with van der Waals surface area (Å²) in [6, 6.07) is 0. The third-order valence-electron chi connectivity index (χ3n) is 2.30. The molecular weight excluding hydrogens is 226 g/mol. The molecule has 18 heavy (non-hydrogen) atoms. The van der Waals surface area contributed by atoms with Gasteiger partial charge in [-0.05, 0) is 18.1 Å².